The van der Waals surface area contributed by atoms with Crippen molar-refractivity contribution in [3.63, 3.8) is 0 Å². The zero-order chi connectivity index (χ0) is 13.5. The number of thiophene rings is 1. The fourth-order valence-electron chi connectivity index (χ4n) is 2.36. The molecule has 0 aliphatic rings. The predicted molar refractivity (Wildman–Crippen MR) is 84.9 cm³/mol. The summed E-state index contributed by atoms with van der Waals surface area (Å²) in [6, 6.07) is 15.2. The van der Waals surface area contributed by atoms with E-state index in [0.717, 1.165) is 19.5 Å². The van der Waals surface area contributed by atoms with E-state index in [1.54, 1.807) is 0 Å². The van der Waals surface area contributed by atoms with Crippen molar-refractivity contribution in [3.05, 3.63) is 58.3 Å². The molecule has 0 radical (unpaired) electrons. The van der Waals surface area contributed by atoms with Gasteiger partial charge in [-0.3, -0.25) is 0 Å². The maximum Gasteiger partial charge on any atom is 0.00578 e. The van der Waals surface area contributed by atoms with E-state index < -0.39 is 0 Å². The minimum Gasteiger partial charge on any atom is -0.316 e. The molecule has 1 heterocycles. The summed E-state index contributed by atoms with van der Waals surface area (Å²) in [6.07, 6.45) is 1.14. The van der Waals surface area contributed by atoms with E-state index in [0.29, 0.717) is 11.8 Å². The number of rotatable bonds is 7. The first-order chi connectivity index (χ1) is 9.27. The molecule has 1 aromatic carbocycles. The highest BCUT2D eigenvalue weighted by atomic mass is 32.1. The van der Waals surface area contributed by atoms with E-state index in [9.17, 15) is 0 Å². The fourth-order valence-corrected chi connectivity index (χ4v) is 3.07. The molecule has 1 atom stereocenters. The topological polar surface area (TPSA) is 12.0 Å². The van der Waals surface area contributed by atoms with Gasteiger partial charge in [0, 0.05) is 11.4 Å². The van der Waals surface area contributed by atoms with Crippen molar-refractivity contribution in [2.75, 3.05) is 13.1 Å². The Morgan fingerprint density at radius 3 is 2.47 bits per heavy atom. The number of hydrogen-bond acceptors (Lipinski definition) is 2. The second kappa shape index (κ2) is 7.46. The summed E-state index contributed by atoms with van der Waals surface area (Å²) in [5, 5.41) is 5.76. The maximum absolute atomic E-state index is 3.61. The van der Waals surface area contributed by atoms with Gasteiger partial charge in [0.1, 0.15) is 0 Å². The van der Waals surface area contributed by atoms with Crippen LogP contribution in [0.25, 0.3) is 0 Å². The van der Waals surface area contributed by atoms with Crippen LogP contribution in [0, 0.1) is 5.92 Å². The van der Waals surface area contributed by atoms with Gasteiger partial charge in [-0.25, -0.2) is 0 Å². The van der Waals surface area contributed by atoms with Crippen molar-refractivity contribution in [1.82, 2.24) is 5.32 Å². The summed E-state index contributed by atoms with van der Waals surface area (Å²) < 4.78 is 0. The van der Waals surface area contributed by atoms with Crippen LogP contribution < -0.4 is 5.32 Å². The summed E-state index contributed by atoms with van der Waals surface area (Å²) in [4.78, 5) is 1.47. The standard InChI is InChI=1S/C17H23NS/c1-14(2)17(15-7-4-3-5-8-15)13-18-11-10-16-9-6-12-19-16/h3-9,12,14,17-18H,10-11,13H2,1-2H3. The van der Waals surface area contributed by atoms with Gasteiger partial charge in [0.05, 0.1) is 0 Å². The monoisotopic (exact) mass is 273 g/mol. The van der Waals surface area contributed by atoms with Gasteiger partial charge in [-0.2, -0.15) is 0 Å². The molecule has 1 aromatic heterocycles. The molecule has 102 valence electrons. The molecule has 2 aromatic rings. The van der Waals surface area contributed by atoms with Crippen LogP contribution in [0.2, 0.25) is 0 Å². The molecule has 0 fully saturated rings. The molecular formula is C17H23NS. The highest BCUT2D eigenvalue weighted by molar-refractivity contribution is 7.09. The Morgan fingerprint density at radius 1 is 1.05 bits per heavy atom. The number of nitrogens with one attached hydrogen (secondary N) is 1. The van der Waals surface area contributed by atoms with E-state index in [1.165, 1.54) is 10.4 Å². The lowest BCUT2D eigenvalue weighted by Gasteiger charge is -2.22. The summed E-state index contributed by atoms with van der Waals surface area (Å²) in [7, 11) is 0. The van der Waals surface area contributed by atoms with Crippen LogP contribution in [0.4, 0.5) is 0 Å². The van der Waals surface area contributed by atoms with Gasteiger partial charge in [-0.05, 0) is 41.8 Å². The minimum absolute atomic E-state index is 0.601. The lowest BCUT2D eigenvalue weighted by Crippen LogP contribution is -2.26. The molecule has 0 bridgehead atoms. The Labute approximate surface area is 120 Å². The number of benzene rings is 1. The molecular weight excluding hydrogens is 250 g/mol. The van der Waals surface area contributed by atoms with Gasteiger partial charge in [0.2, 0.25) is 0 Å². The first-order valence-corrected chi connectivity index (χ1v) is 7.93. The predicted octanol–water partition coefficient (Wildman–Crippen LogP) is 4.32. The Kier molecular flexibility index (Phi) is 5.62. The zero-order valence-electron chi connectivity index (χ0n) is 11.8. The SMILES string of the molecule is CC(C)C(CNCCc1cccs1)c1ccccc1. The summed E-state index contributed by atoms with van der Waals surface area (Å²) in [6.45, 7) is 6.74. The molecule has 0 saturated carbocycles. The van der Waals surface area contributed by atoms with E-state index in [-0.39, 0.29) is 0 Å². The normalized spacial score (nSPS) is 12.8. The molecule has 1 unspecified atom stereocenters. The molecule has 0 amide bonds. The molecule has 1 N–H and O–H groups in total. The van der Waals surface area contributed by atoms with Crippen molar-refractivity contribution in [2.24, 2.45) is 5.92 Å². The first kappa shape index (κ1) is 14.3. The van der Waals surface area contributed by atoms with Crippen LogP contribution in [-0.2, 0) is 6.42 Å². The molecule has 0 saturated heterocycles. The fraction of sp³-hybridized carbons (Fsp3) is 0.412. The van der Waals surface area contributed by atoms with Gasteiger partial charge < -0.3 is 5.32 Å². The van der Waals surface area contributed by atoms with Crippen LogP contribution in [-0.4, -0.2) is 13.1 Å². The molecule has 2 rings (SSSR count). The molecule has 0 spiro atoms. The molecule has 19 heavy (non-hydrogen) atoms. The van der Waals surface area contributed by atoms with Crippen molar-refractivity contribution in [3.8, 4) is 0 Å². The number of hydrogen-bond donors (Lipinski definition) is 1. The first-order valence-electron chi connectivity index (χ1n) is 7.05. The zero-order valence-corrected chi connectivity index (χ0v) is 12.6. The van der Waals surface area contributed by atoms with E-state index in [2.05, 4.69) is 67.0 Å². The quantitative estimate of drug-likeness (QED) is 0.741. The van der Waals surface area contributed by atoms with Crippen LogP contribution in [0.3, 0.4) is 0 Å². The molecule has 1 nitrogen and oxygen atoms in total. The van der Waals surface area contributed by atoms with Crippen LogP contribution in [0.1, 0.15) is 30.2 Å². The van der Waals surface area contributed by atoms with E-state index in [4.69, 9.17) is 0 Å². The molecule has 2 heteroatoms. The van der Waals surface area contributed by atoms with Gasteiger partial charge in [-0.15, -0.1) is 11.3 Å². The lowest BCUT2D eigenvalue weighted by atomic mass is 9.88. The average Bonchev–Trinajstić information content (AvgIpc) is 2.92. The van der Waals surface area contributed by atoms with Crippen molar-refractivity contribution >= 4 is 11.3 Å². The summed E-state index contributed by atoms with van der Waals surface area (Å²) in [5.74, 6) is 1.26. The molecule has 0 aliphatic carbocycles. The third-order valence-electron chi connectivity index (χ3n) is 3.52. The average molecular weight is 273 g/mol. The smallest absolute Gasteiger partial charge is 0.00578 e. The van der Waals surface area contributed by atoms with Crippen LogP contribution >= 0.6 is 11.3 Å². The van der Waals surface area contributed by atoms with Crippen LogP contribution in [0.15, 0.2) is 47.8 Å². The van der Waals surface area contributed by atoms with Crippen LogP contribution in [0.5, 0.6) is 0 Å². The van der Waals surface area contributed by atoms with E-state index in [1.807, 2.05) is 11.3 Å². The molecule has 0 aliphatic heterocycles. The summed E-state index contributed by atoms with van der Waals surface area (Å²) in [5.41, 5.74) is 1.45. The largest absolute Gasteiger partial charge is 0.316 e. The highest BCUT2D eigenvalue weighted by Gasteiger charge is 2.14. The Hall–Kier alpha value is -1.12. The maximum atomic E-state index is 3.61. The Bertz CT molecular complexity index is 447. The second-order valence-electron chi connectivity index (χ2n) is 5.29. The van der Waals surface area contributed by atoms with Gasteiger partial charge >= 0.3 is 0 Å². The van der Waals surface area contributed by atoms with E-state index >= 15 is 0 Å². The van der Waals surface area contributed by atoms with Crippen molar-refractivity contribution in [2.45, 2.75) is 26.2 Å². The van der Waals surface area contributed by atoms with Gasteiger partial charge in [0.25, 0.3) is 0 Å². The Balaban J connectivity index is 1.81. The van der Waals surface area contributed by atoms with Crippen molar-refractivity contribution < 1.29 is 0 Å². The second-order valence-corrected chi connectivity index (χ2v) is 6.33. The van der Waals surface area contributed by atoms with Gasteiger partial charge in [0.15, 0.2) is 0 Å². The third-order valence-corrected chi connectivity index (χ3v) is 4.46. The van der Waals surface area contributed by atoms with Crippen molar-refractivity contribution in [1.29, 1.82) is 0 Å². The highest BCUT2D eigenvalue weighted by Crippen LogP contribution is 2.23. The Morgan fingerprint density at radius 2 is 1.84 bits per heavy atom. The minimum atomic E-state index is 0.601. The summed E-state index contributed by atoms with van der Waals surface area (Å²) >= 11 is 1.84. The van der Waals surface area contributed by atoms with Gasteiger partial charge in [-0.1, -0.05) is 50.2 Å². The third kappa shape index (κ3) is 4.48. The lowest BCUT2D eigenvalue weighted by molar-refractivity contribution is 0.463.